The predicted octanol–water partition coefficient (Wildman–Crippen LogP) is 3.63. The van der Waals surface area contributed by atoms with Crippen LogP contribution >= 0.6 is 0 Å². The average molecular weight is 279 g/mol. The Hall–Kier alpha value is -1.06. The van der Waals surface area contributed by atoms with E-state index in [1.54, 1.807) is 7.11 Å². The lowest BCUT2D eigenvalue weighted by atomic mass is 10.1. The summed E-state index contributed by atoms with van der Waals surface area (Å²) in [4.78, 5) is 0. The van der Waals surface area contributed by atoms with Crippen LogP contribution < -0.4 is 10.1 Å². The SMILES string of the molecule is COC(C)(C)CCOc1ccc(CNCC(C)C)cc1. The van der Waals surface area contributed by atoms with Crippen molar-refractivity contribution in [1.82, 2.24) is 5.32 Å². The van der Waals surface area contributed by atoms with Crippen LogP contribution in [-0.4, -0.2) is 25.9 Å². The molecule has 0 aliphatic heterocycles. The third kappa shape index (κ3) is 6.92. The molecular formula is C17H29NO2. The number of nitrogens with one attached hydrogen (secondary N) is 1. The maximum atomic E-state index is 5.74. The molecule has 0 aliphatic carbocycles. The van der Waals surface area contributed by atoms with Crippen LogP contribution in [0, 0.1) is 5.92 Å². The molecule has 0 atom stereocenters. The van der Waals surface area contributed by atoms with Gasteiger partial charge in [-0.1, -0.05) is 26.0 Å². The number of ether oxygens (including phenoxy) is 2. The van der Waals surface area contributed by atoms with Crippen LogP contribution in [0.3, 0.4) is 0 Å². The van der Waals surface area contributed by atoms with E-state index in [9.17, 15) is 0 Å². The molecule has 0 bridgehead atoms. The van der Waals surface area contributed by atoms with Gasteiger partial charge < -0.3 is 14.8 Å². The molecule has 0 fully saturated rings. The van der Waals surface area contributed by atoms with Gasteiger partial charge in [0.25, 0.3) is 0 Å². The third-order valence-electron chi connectivity index (χ3n) is 3.33. The summed E-state index contributed by atoms with van der Waals surface area (Å²) in [5.74, 6) is 1.60. The van der Waals surface area contributed by atoms with Crippen molar-refractivity contribution in [1.29, 1.82) is 0 Å². The zero-order valence-corrected chi connectivity index (χ0v) is 13.5. The molecule has 0 unspecified atom stereocenters. The summed E-state index contributed by atoms with van der Waals surface area (Å²) < 4.78 is 11.1. The molecule has 0 spiro atoms. The summed E-state index contributed by atoms with van der Waals surface area (Å²) in [5, 5.41) is 3.43. The van der Waals surface area contributed by atoms with Crippen molar-refractivity contribution in [3.63, 3.8) is 0 Å². The van der Waals surface area contributed by atoms with Crippen LogP contribution in [0.15, 0.2) is 24.3 Å². The lowest BCUT2D eigenvalue weighted by Gasteiger charge is -2.22. The highest BCUT2D eigenvalue weighted by molar-refractivity contribution is 5.27. The van der Waals surface area contributed by atoms with Crippen molar-refractivity contribution in [2.45, 2.75) is 46.3 Å². The van der Waals surface area contributed by atoms with Crippen LogP contribution in [0.5, 0.6) is 5.75 Å². The fraction of sp³-hybridized carbons (Fsp3) is 0.647. The third-order valence-corrected chi connectivity index (χ3v) is 3.33. The van der Waals surface area contributed by atoms with E-state index in [1.165, 1.54) is 5.56 Å². The van der Waals surface area contributed by atoms with Crippen molar-refractivity contribution >= 4 is 0 Å². The standard InChI is InChI=1S/C17H29NO2/c1-14(2)12-18-13-15-6-8-16(9-7-15)20-11-10-17(3,4)19-5/h6-9,14,18H,10-13H2,1-5H3. The van der Waals surface area contributed by atoms with Gasteiger partial charge in [0.15, 0.2) is 0 Å². The van der Waals surface area contributed by atoms with Crippen LogP contribution in [0.2, 0.25) is 0 Å². The molecule has 20 heavy (non-hydrogen) atoms. The van der Waals surface area contributed by atoms with Gasteiger partial charge >= 0.3 is 0 Å². The Morgan fingerprint density at radius 2 is 1.80 bits per heavy atom. The highest BCUT2D eigenvalue weighted by Gasteiger charge is 2.15. The Kier molecular flexibility index (Phi) is 7.03. The van der Waals surface area contributed by atoms with Crippen LogP contribution in [0.25, 0.3) is 0 Å². The number of benzene rings is 1. The van der Waals surface area contributed by atoms with E-state index in [0.717, 1.165) is 25.3 Å². The van der Waals surface area contributed by atoms with Gasteiger partial charge in [-0.2, -0.15) is 0 Å². The number of hydrogen-bond donors (Lipinski definition) is 1. The van der Waals surface area contributed by atoms with Crippen molar-refractivity contribution in [2.75, 3.05) is 20.3 Å². The van der Waals surface area contributed by atoms with E-state index in [0.29, 0.717) is 12.5 Å². The first-order chi connectivity index (χ1) is 9.43. The van der Waals surface area contributed by atoms with Gasteiger partial charge in [-0.3, -0.25) is 0 Å². The molecule has 0 aliphatic rings. The minimum Gasteiger partial charge on any atom is -0.493 e. The Labute approximate surface area is 123 Å². The van der Waals surface area contributed by atoms with Gasteiger partial charge in [-0.25, -0.2) is 0 Å². The normalized spacial score (nSPS) is 11.9. The minimum absolute atomic E-state index is 0.124. The van der Waals surface area contributed by atoms with E-state index < -0.39 is 0 Å². The zero-order valence-electron chi connectivity index (χ0n) is 13.5. The van der Waals surface area contributed by atoms with E-state index in [1.807, 2.05) is 12.1 Å². The summed E-state index contributed by atoms with van der Waals surface area (Å²) in [6, 6.07) is 8.30. The molecule has 1 rings (SSSR count). The van der Waals surface area contributed by atoms with Crippen LogP contribution in [0.4, 0.5) is 0 Å². The molecule has 3 heteroatoms. The number of methoxy groups -OCH3 is 1. The Bertz CT molecular complexity index is 371. The molecule has 0 saturated heterocycles. The van der Waals surface area contributed by atoms with E-state index >= 15 is 0 Å². The maximum absolute atomic E-state index is 5.74. The lowest BCUT2D eigenvalue weighted by Crippen LogP contribution is -2.25. The molecule has 3 nitrogen and oxygen atoms in total. The fourth-order valence-corrected chi connectivity index (χ4v) is 1.73. The Balaban J connectivity index is 2.31. The first kappa shape index (κ1) is 17.0. The van der Waals surface area contributed by atoms with Crippen LogP contribution in [-0.2, 0) is 11.3 Å². The highest BCUT2D eigenvalue weighted by atomic mass is 16.5. The van der Waals surface area contributed by atoms with Gasteiger partial charge in [0.05, 0.1) is 12.2 Å². The first-order valence-corrected chi connectivity index (χ1v) is 7.40. The van der Waals surface area contributed by atoms with E-state index in [4.69, 9.17) is 9.47 Å². The van der Waals surface area contributed by atoms with E-state index in [-0.39, 0.29) is 5.60 Å². The molecule has 0 heterocycles. The number of hydrogen-bond acceptors (Lipinski definition) is 3. The first-order valence-electron chi connectivity index (χ1n) is 7.40. The molecule has 1 aromatic carbocycles. The van der Waals surface area contributed by atoms with Crippen LogP contribution in [0.1, 0.15) is 39.7 Å². The molecule has 114 valence electrons. The second-order valence-corrected chi connectivity index (χ2v) is 6.23. The van der Waals surface area contributed by atoms with Gasteiger partial charge in [-0.05, 0) is 44.0 Å². The molecule has 0 aromatic heterocycles. The summed E-state index contributed by atoms with van der Waals surface area (Å²) in [6.07, 6.45) is 0.876. The molecule has 1 aromatic rings. The monoisotopic (exact) mass is 279 g/mol. The van der Waals surface area contributed by atoms with Crippen molar-refractivity contribution < 1.29 is 9.47 Å². The number of rotatable bonds is 9. The molecule has 0 saturated carbocycles. The minimum atomic E-state index is -0.124. The second kappa shape index (κ2) is 8.28. The van der Waals surface area contributed by atoms with E-state index in [2.05, 4.69) is 45.1 Å². The van der Waals surface area contributed by atoms with Gasteiger partial charge in [-0.15, -0.1) is 0 Å². The molecule has 1 N–H and O–H groups in total. The van der Waals surface area contributed by atoms with Gasteiger partial charge in [0.2, 0.25) is 0 Å². The van der Waals surface area contributed by atoms with Crippen molar-refractivity contribution in [3.8, 4) is 5.75 Å². The van der Waals surface area contributed by atoms with Gasteiger partial charge in [0, 0.05) is 20.1 Å². The maximum Gasteiger partial charge on any atom is 0.119 e. The molecule has 0 amide bonds. The van der Waals surface area contributed by atoms with Crippen molar-refractivity contribution in [3.05, 3.63) is 29.8 Å². The highest BCUT2D eigenvalue weighted by Crippen LogP contribution is 2.16. The summed E-state index contributed by atoms with van der Waals surface area (Å²) >= 11 is 0. The molecule has 0 radical (unpaired) electrons. The predicted molar refractivity (Wildman–Crippen MR) is 84.2 cm³/mol. The summed E-state index contributed by atoms with van der Waals surface area (Å²) in [5.41, 5.74) is 1.16. The zero-order chi connectivity index (χ0) is 15.0. The average Bonchev–Trinajstić information content (AvgIpc) is 2.40. The molecular weight excluding hydrogens is 250 g/mol. The summed E-state index contributed by atoms with van der Waals surface area (Å²) in [7, 11) is 1.74. The van der Waals surface area contributed by atoms with Gasteiger partial charge in [0.1, 0.15) is 5.75 Å². The quantitative estimate of drug-likeness (QED) is 0.749. The largest absolute Gasteiger partial charge is 0.493 e. The topological polar surface area (TPSA) is 30.5 Å². The summed E-state index contributed by atoms with van der Waals surface area (Å²) in [6.45, 7) is 11.2. The lowest BCUT2D eigenvalue weighted by molar-refractivity contribution is 0.00545. The fourth-order valence-electron chi connectivity index (χ4n) is 1.73. The Morgan fingerprint density at radius 3 is 2.35 bits per heavy atom. The van der Waals surface area contributed by atoms with Crippen molar-refractivity contribution in [2.24, 2.45) is 5.92 Å². The Morgan fingerprint density at radius 1 is 1.15 bits per heavy atom. The second-order valence-electron chi connectivity index (χ2n) is 6.23. The smallest absolute Gasteiger partial charge is 0.119 e.